The Hall–Kier alpha value is -0.800. The van der Waals surface area contributed by atoms with Crippen LogP contribution in [0.3, 0.4) is 0 Å². The van der Waals surface area contributed by atoms with Crippen molar-refractivity contribution >= 4 is 15.9 Å². The second-order valence-electron chi connectivity index (χ2n) is 3.60. The zero-order valence-electron chi connectivity index (χ0n) is 9.79. The molecule has 0 spiro atoms. The smallest absolute Gasteiger partial charge is 0.134 e. The lowest BCUT2D eigenvalue weighted by atomic mass is 10.2. The second-order valence-corrected chi connectivity index (χ2v) is 4.46. The molecule has 0 saturated heterocycles. The summed E-state index contributed by atoms with van der Waals surface area (Å²) in [5.74, 6) is 0.854. The van der Waals surface area contributed by atoms with Gasteiger partial charge < -0.3 is 10.1 Å². The Morgan fingerprint density at radius 1 is 1.56 bits per heavy atom. The number of benzene rings is 1. The molecule has 0 fully saturated rings. The summed E-state index contributed by atoms with van der Waals surface area (Å²) >= 11 is 3.51. The van der Waals surface area contributed by atoms with Gasteiger partial charge in [-0.15, -0.1) is 0 Å². The van der Waals surface area contributed by atoms with Crippen molar-refractivity contribution in [3.63, 3.8) is 0 Å². The zero-order chi connectivity index (χ0) is 12.0. The maximum Gasteiger partial charge on any atom is 0.134 e. The molecule has 1 unspecified atom stereocenters. The van der Waals surface area contributed by atoms with Crippen molar-refractivity contribution in [3.05, 3.63) is 40.9 Å². The fraction of sp³-hybridized carbons (Fsp3) is 0.385. The molecule has 3 heteroatoms. The third-order valence-electron chi connectivity index (χ3n) is 2.22. The number of nitrogens with one attached hydrogen (secondary N) is 1. The minimum absolute atomic E-state index is 0.0240. The van der Waals surface area contributed by atoms with Gasteiger partial charge >= 0.3 is 0 Å². The van der Waals surface area contributed by atoms with Crippen LogP contribution in [0.2, 0.25) is 0 Å². The van der Waals surface area contributed by atoms with E-state index in [4.69, 9.17) is 4.74 Å². The van der Waals surface area contributed by atoms with Crippen molar-refractivity contribution in [2.45, 2.75) is 26.5 Å². The van der Waals surface area contributed by atoms with Crippen LogP contribution in [-0.2, 0) is 6.54 Å². The summed E-state index contributed by atoms with van der Waals surface area (Å²) in [6, 6.07) is 6.13. The third kappa shape index (κ3) is 3.99. The second kappa shape index (κ2) is 6.71. The summed E-state index contributed by atoms with van der Waals surface area (Å²) in [6.07, 6.45) is 1.80. The molecule has 1 aromatic rings. The Morgan fingerprint density at radius 2 is 2.31 bits per heavy atom. The van der Waals surface area contributed by atoms with Crippen molar-refractivity contribution in [2.75, 3.05) is 6.54 Å². The molecular formula is C13H18BrNO. The van der Waals surface area contributed by atoms with Crippen molar-refractivity contribution < 1.29 is 4.74 Å². The van der Waals surface area contributed by atoms with Crippen LogP contribution in [0.25, 0.3) is 0 Å². The lowest BCUT2D eigenvalue weighted by Gasteiger charge is -2.13. The molecule has 0 amide bonds. The SMILES string of the molecule is C=CC(C)Oc1ccc(CNCC)cc1Br. The molecule has 88 valence electrons. The highest BCUT2D eigenvalue weighted by molar-refractivity contribution is 9.10. The van der Waals surface area contributed by atoms with Gasteiger partial charge in [-0.1, -0.05) is 25.6 Å². The van der Waals surface area contributed by atoms with Crippen LogP contribution in [0.5, 0.6) is 5.75 Å². The minimum atomic E-state index is 0.0240. The van der Waals surface area contributed by atoms with E-state index in [1.807, 2.05) is 13.0 Å². The van der Waals surface area contributed by atoms with Crippen LogP contribution in [0, 0.1) is 0 Å². The normalized spacial score (nSPS) is 12.2. The molecule has 0 radical (unpaired) electrons. The first-order valence-electron chi connectivity index (χ1n) is 5.45. The highest BCUT2D eigenvalue weighted by Crippen LogP contribution is 2.27. The molecule has 0 heterocycles. The highest BCUT2D eigenvalue weighted by Gasteiger charge is 2.05. The van der Waals surface area contributed by atoms with Gasteiger partial charge in [-0.3, -0.25) is 0 Å². The quantitative estimate of drug-likeness (QED) is 0.807. The van der Waals surface area contributed by atoms with E-state index in [2.05, 4.69) is 46.9 Å². The standard InChI is InChI=1S/C13H18BrNO/c1-4-10(3)16-13-7-6-11(8-12(13)14)9-15-5-2/h4,6-8,10,15H,1,5,9H2,2-3H3. The summed E-state index contributed by atoms with van der Waals surface area (Å²) in [7, 11) is 0. The fourth-order valence-electron chi connectivity index (χ4n) is 1.27. The van der Waals surface area contributed by atoms with E-state index in [1.165, 1.54) is 5.56 Å². The van der Waals surface area contributed by atoms with Gasteiger partial charge in [0.1, 0.15) is 11.9 Å². The number of ether oxygens (including phenoxy) is 1. The van der Waals surface area contributed by atoms with E-state index in [0.717, 1.165) is 23.3 Å². The van der Waals surface area contributed by atoms with Gasteiger partial charge in [0.2, 0.25) is 0 Å². The molecule has 1 atom stereocenters. The van der Waals surface area contributed by atoms with Crippen molar-refractivity contribution in [3.8, 4) is 5.75 Å². The number of hydrogen-bond donors (Lipinski definition) is 1. The lowest BCUT2D eigenvalue weighted by molar-refractivity contribution is 0.268. The summed E-state index contributed by atoms with van der Waals surface area (Å²) in [5, 5.41) is 3.29. The van der Waals surface area contributed by atoms with E-state index in [1.54, 1.807) is 6.08 Å². The van der Waals surface area contributed by atoms with Crippen LogP contribution < -0.4 is 10.1 Å². The van der Waals surface area contributed by atoms with Crippen molar-refractivity contribution in [1.29, 1.82) is 0 Å². The Labute approximate surface area is 106 Å². The molecule has 2 nitrogen and oxygen atoms in total. The monoisotopic (exact) mass is 283 g/mol. The number of rotatable bonds is 6. The largest absolute Gasteiger partial charge is 0.485 e. The van der Waals surface area contributed by atoms with Crippen molar-refractivity contribution in [1.82, 2.24) is 5.32 Å². The topological polar surface area (TPSA) is 21.3 Å². The molecule has 1 N–H and O–H groups in total. The zero-order valence-corrected chi connectivity index (χ0v) is 11.4. The van der Waals surface area contributed by atoms with E-state index in [9.17, 15) is 0 Å². The first-order chi connectivity index (χ1) is 7.67. The van der Waals surface area contributed by atoms with Crippen LogP contribution in [0.15, 0.2) is 35.3 Å². The van der Waals surface area contributed by atoms with E-state index in [-0.39, 0.29) is 6.10 Å². The molecule has 0 aliphatic carbocycles. The average molecular weight is 284 g/mol. The Bertz CT molecular complexity index is 352. The predicted molar refractivity (Wildman–Crippen MR) is 71.8 cm³/mol. The Kier molecular flexibility index (Phi) is 5.56. The Morgan fingerprint density at radius 3 is 2.88 bits per heavy atom. The highest BCUT2D eigenvalue weighted by atomic mass is 79.9. The van der Waals surface area contributed by atoms with Gasteiger partial charge in [-0.2, -0.15) is 0 Å². The summed E-state index contributed by atoms with van der Waals surface area (Å²) in [4.78, 5) is 0. The predicted octanol–water partition coefficient (Wildman–Crippen LogP) is 3.51. The molecule has 1 rings (SSSR count). The van der Waals surface area contributed by atoms with Crippen LogP contribution >= 0.6 is 15.9 Å². The molecule has 0 aliphatic heterocycles. The van der Waals surface area contributed by atoms with E-state index < -0.39 is 0 Å². The van der Waals surface area contributed by atoms with Gasteiger partial charge in [0.25, 0.3) is 0 Å². The van der Waals surface area contributed by atoms with Gasteiger partial charge in [0.15, 0.2) is 0 Å². The first-order valence-corrected chi connectivity index (χ1v) is 6.25. The van der Waals surface area contributed by atoms with Crippen molar-refractivity contribution in [2.24, 2.45) is 0 Å². The molecule has 0 bridgehead atoms. The summed E-state index contributed by atoms with van der Waals surface area (Å²) in [6.45, 7) is 9.61. The van der Waals surface area contributed by atoms with Crippen LogP contribution in [0.4, 0.5) is 0 Å². The maximum absolute atomic E-state index is 5.67. The third-order valence-corrected chi connectivity index (χ3v) is 2.84. The van der Waals surface area contributed by atoms with Crippen LogP contribution in [-0.4, -0.2) is 12.6 Å². The van der Waals surface area contributed by atoms with Gasteiger partial charge in [0.05, 0.1) is 4.47 Å². The van der Waals surface area contributed by atoms with E-state index in [0.29, 0.717) is 0 Å². The summed E-state index contributed by atoms with van der Waals surface area (Å²) in [5.41, 5.74) is 1.24. The van der Waals surface area contributed by atoms with Gasteiger partial charge in [-0.05, 0) is 47.1 Å². The lowest BCUT2D eigenvalue weighted by Crippen LogP contribution is -2.12. The number of hydrogen-bond acceptors (Lipinski definition) is 2. The fourth-order valence-corrected chi connectivity index (χ4v) is 1.79. The molecule has 0 saturated carbocycles. The molecule has 16 heavy (non-hydrogen) atoms. The molecule has 1 aromatic carbocycles. The summed E-state index contributed by atoms with van der Waals surface area (Å²) < 4.78 is 6.65. The van der Waals surface area contributed by atoms with Crippen LogP contribution in [0.1, 0.15) is 19.4 Å². The van der Waals surface area contributed by atoms with E-state index >= 15 is 0 Å². The average Bonchev–Trinajstić information content (AvgIpc) is 2.29. The van der Waals surface area contributed by atoms with Gasteiger partial charge in [-0.25, -0.2) is 0 Å². The molecule has 0 aromatic heterocycles. The number of halogens is 1. The molecule has 0 aliphatic rings. The Balaban J connectivity index is 2.71. The first kappa shape index (κ1) is 13.3. The molecular weight excluding hydrogens is 266 g/mol. The maximum atomic E-state index is 5.67. The minimum Gasteiger partial charge on any atom is -0.485 e. The van der Waals surface area contributed by atoms with Gasteiger partial charge in [0, 0.05) is 6.54 Å².